The summed E-state index contributed by atoms with van der Waals surface area (Å²) in [5.41, 5.74) is 9.43. The van der Waals surface area contributed by atoms with Gasteiger partial charge in [-0.05, 0) is 31.9 Å². The van der Waals surface area contributed by atoms with Gasteiger partial charge in [-0.25, -0.2) is 0 Å². The summed E-state index contributed by atoms with van der Waals surface area (Å²) in [6.45, 7) is 6.12. The van der Waals surface area contributed by atoms with Crippen LogP contribution in [0.4, 0.5) is 0 Å². The number of hydrogen-bond acceptors (Lipinski definition) is 1. The average Bonchev–Trinajstić information content (AvgIpc) is 2.11. The van der Waals surface area contributed by atoms with E-state index in [1.54, 1.807) is 0 Å². The van der Waals surface area contributed by atoms with Gasteiger partial charge in [0, 0.05) is 17.9 Å². The van der Waals surface area contributed by atoms with E-state index in [0.717, 1.165) is 0 Å². The quantitative estimate of drug-likeness (QED) is 0.608. The summed E-state index contributed by atoms with van der Waals surface area (Å²) in [7, 11) is 0. The lowest BCUT2D eigenvalue weighted by Crippen LogP contribution is -2.06. The van der Waals surface area contributed by atoms with E-state index >= 15 is 0 Å². The maximum atomic E-state index is 5.74. The third kappa shape index (κ3) is 1.07. The highest BCUT2D eigenvalue weighted by atomic mass is 14.7. The Morgan fingerprint density at radius 2 is 2.10 bits per heavy atom. The number of hydrogen-bond donors (Lipinski definition) is 2. The molecule has 1 aromatic heterocycles. The van der Waals surface area contributed by atoms with E-state index in [1.807, 2.05) is 20.0 Å². The molecule has 0 unspecified atom stereocenters. The first kappa shape index (κ1) is 7.35. The number of H-pyrrole nitrogens is 1. The fourth-order valence-electron chi connectivity index (χ4n) is 1.37. The SMILES string of the molecule is Cc1c[nH]c(C)c1[C@H](C)N. The summed E-state index contributed by atoms with van der Waals surface area (Å²) in [6.07, 6.45) is 1.99. The fraction of sp³-hybridized carbons (Fsp3) is 0.500. The highest BCUT2D eigenvalue weighted by molar-refractivity contribution is 5.31. The lowest BCUT2D eigenvalue weighted by Gasteiger charge is -2.04. The molecule has 2 nitrogen and oxygen atoms in total. The summed E-state index contributed by atoms with van der Waals surface area (Å²) in [5.74, 6) is 0. The maximum Gasteiger partial charge on any atom is 0.0286 e. The molecule has 0 spiro atoms. The van der Waals surface area contributed by atoms with E-state index in [-0.39, 0.29) is 6.04 Å². The van der Waals surface area contributed by atoms with Gasteiger partial charge < -0.3 is 10.7 Å². The largest absolute Gasteiger partial charge is 0.365 e. The molecule has 0 saturated carbocycles. The van der Waals surface area contributed by atoms with Crippen molar-refractivity contribution in [2.75, 3.05) is 0 Å². The first-order valence-electron chi connectivity index (χ1n) is 3.53. The van der Waals surface area contributed by atoms with E-state index in [0.29, 0.717) is 0 Å². The standard InChI is InChI=1S/C8H14N2/c1-5-4-10-7(3)8(5)6(2)9/h4,6,10H,9H2,1-3H3/t6-/m0/s1. The molecule has 0 radical (unpaired) electrons. The molecule has 2 heteroatoms. The van der Waals surface area contributed by atoms with Crippen molar-refractivity contribution in [2.24, 2.45) is 5.73 Å². The zero-order valence-corrected chi connectivity index (χ0v) is 6.73. The molecular weight excluding hydrogens is 124 g/mol. The van der Waals surface area contributed by atoms with Crippen LogP contribution in [0.2, 0.25) is 0 Å². The topological polar surface area (TPSA) is 41.8 Å². The normalized spacial score (nSPS) is 13.6. The Morgan fingerprint density at radius 3 is 2.30 bits per heavy atom. The Bertz CT molecular complexity index is 204. The van der Waals surface area contributed by atoms with E-state index < -0.39 is 0 Å². The minimum atomic E-state index is 0.145. The molecule has 0 aliphatic rings. The van der Waals surface area contributed by atoms with Crippen LogP contribution in [0.15, 0.2) is 6.20 Å². The average molecular weight is 138 g/mol. The molecule has 0 fully saturated rings. The number of rotatable bonds is 1. The van der Waals surface area contributed by atoms with Gasteiger partial charge in [0.05, 0.1) is 0 Å². The summed E-state index contributed by atoms with van der Waals surface area (Å²) in [6, 6.07) is 0.145. The van der Waals surface area contributed by atoms with Crippen LogP contribution in [0, 0.1) is 13.8 Å². The number of aryl methyl sites for hydroxylation is 2. The molecule has 3 N–H and O–H groups in total. The van der Waals surface area contributed by atoms with Gasteiger partial charge >= 0.3 is 0 Å². The van der Waals surface area contributed by atoms with Crippen molar-refractivity contribution < 1.29 is 0 Å². The Balaban J connectivity index is 3.10. The predicted molar refractivity (Wildman–Crippen MR) is 42.9 cm³/mol. The molecule has 1 rings (SSSR count). The van der Waals surface area contributed by atoms with Crippen LogP contribution < -0.4 is 5.73 Å². The third-order valence-corrected chi connectivity index (χ3v) is 1.79. The van der Waals surface area contributed by atoms with E-state index in [1.165, 1.54) is 16.8 Å². The number of aromatic amines is 1. The Morgan fingerprint density at radius 1 is 1.50 bits per heavy atom. The minimum absolute atomic E-state index is 0.145. The Labute approximate surface area is 61.4 Å². The van der Waals surface area contributed by atoms with Gasteiger partial charge in [-0.15, -0.1) is 0 Å². The molecule has 1 atom stereocenters. The Kier molecular flexibility index (Phi) is 1.81. The van der Waals surface area contributed by atoms with Gasteiger partial charge in [0.1, 0.15) is 0 Å². The van der Waals surface area contributed by atoms with Crippen molar-refractivity contribution in [3.05, 3.63) is 23.0 Å². The van der Waals surface area contributed by atoms with Crippen LogP contribution in [0.5, 0.6) is 0 Å². The van der Waals surface area contributed by atoms with Crippen LogP contribution in [0.3, 0.4) is 0 Å². The van der Waals surface area contributed by atoms with E-state index in [4.69, 9.17) is 5.73 Å². The maximum absolute atomic E-state index is 5.74. The first-order chi connectivity index (χ1) is 4.63. The molecule has 0 saturated heterocycles. The van der Waals surface area contributed by atoms with Crippen LogP contribution in [-0.2, 0) is 0 Å². The second-order valence-electron chi connectivity index (χ2n) is 2.80. The lowest BCUT2D eigenvalue weighted by atomic mass is 10.1. The van der Waals surface area contributed by atoms with Gasteiger partial charge in [-0.1, -0.05) is 0 Å². The number of nitrogens with one attached hydrogen (secondary N) is 1. The van der Waals surface area contributed by atoms with Gasteiger partial charge in [-0.3, -0.25) is 0 Å². The minimum Gasteiger partial charge on any atom is -0.365 e. The molecule has 0 aliphatic carbocycles. The summed E-state index contributed by atoms with van der Waals surface area (Å²) < 4.78 is 0. The van der Waals surface area contributed by atoms with Crippen LogP contribution in [0.25, 0.3) is 0 Å². The van der Waals surface area contributed by atoms with Crippen LogP contribution in [0.1, 0.15) is 29.8 Å². The van der Waals surface area contributed by atoms with E-state index in [2.05, 4.69) is 11.9 Å². The molecule has 0 bridgehead atoms. The highest BCUT2D eigenvalue weighted by Crippen LogP contribution is 2.18. The first-order valence-corrected chi connectivity index (χ1v) is 3.53. The zero-order valence-electron chi connectivity index (χ0n) is 6.73. The molecule has 0 amide bonds. The summed E-state index contributed by atoms with van der Waals surface area (Å²) >= 11 is 0. The van der Waals surface area contributed by atoms with Gasteiger partial charge in [0.2, 0.25) is 0 Å². The number of nitrogens with two attached hydrogens (primary N) is 1. The summed E-state index contributed by atoms with van der Waals surface area (Å²) in [5, 5.41) is 0. The second-order valence-corrected chi connectivity index (χ2v) is 2.80. The predicted octanol–water partition coefficient (Wildman–Crippen LogP) is 1.65. The molecule has 10 heavy (non-hydrogen) atoms. The fourth-order valence-corrected chi connectivity index (χ4v) is 1.37. The smallest absolute Gasteiger partial charge is 0.0286 e. The molecule has 0 aromatic carbocycles. The van der Waals surface area contributed by atoms with Crippen molar-refractivity contribution in [3.8, 4) is 0 Å². The van der Waals surface area contributed by atoms with Crippen molar-refractivity contribution >= 4 is 0 Å². The van der Waals surface area contributed by atoms with Gasteiger partial charge in [0.25, 0.3) is 0 Å². The molecule has 0 aliphatic heterocycles. The Hall–Kier alpha value is -0.760. The van der Waals surface area contributed by atoms with E-state index in [9.17, 15) is 0 Å². The monoisotopic (exact) mass is 138 g/mol. The van der Waals surface area contributed by atoms with Crippen molar-refractivity contribution in [3.63, 3.8) is 0 Å². The molecular formula is C8H14N2. The van der Waals surface area contributed by atoms with Gasteiger partial charge in [0.15, 0.2) is 0 Å². The molecule has 1 heterocycles. The lowest BCUT2D eigenvalue weighted by molar-refractivity contribution is 0.804. The van der Waals surface area contributed by atoms with Crippen molar-refractivity contribution in [1.82, 2.24) is 4.98 Å². The van der Waals surface area contributed by atoms with Crippen molar-refractivity contribution in [1.29, 1.82) is 0 Å². The zero-order chi connectivity index (χ0) is 7.72. The highest BCUT2D eigenvalue weighted by Gasteiger charge is 2.07. The molecule has 1 aromatic rings. The molecule has 56 valence electrons. The summed E-state index contributed by atoms with van der Waals surface area (Å²) in [4.78, 5) is 3.14. The number of aromatic nitrogens is 1. The second kappa shape index (κ2) is 2.46. The third-order valence-electron chi connectivity index (χ3n) is 1.79. The van der Waals surface area contributed by atoms with Crippen molar-refractivity contribution in [2.45, 2.75) is 26.8 Å². The van der Waals surface area contributed by atoms with Gasteiger partial charge in [-0.2, -0.15) is 0 Å². The van der Waals surface area contributed by atoms with Crippen LogP contribution in [-0.4, -0.2) is 4.98 Å². The van der Waals surface area contributed by atoms with Crippen LogP contribution >= 0.6 is 0 Å².